The molecule has 6 heteroatoms. The lowest BCUT2D eigenvalue weighted by atomic mass is 10.3. The number of esters is 1. The van der Waals surface area contributed by atoms with E-state index >= 15 is 0 Å². The largest absolute Gasteiger partial charge is 0.461 e. The van der Waals surface area contributed by atoms with Crippen molar-refractivity contribution in [3.8, 4) is 0 Å². The van der Waals surface area contributed by atoms with Crippen molar-refractivity contribution in [1.29, 1.82) is 0 Å². The molecule has 0 atom stereocenters. The van der Waals surface area contributed by atoms with Crippen molar-refractivity contribution >= 4 is 23.1 Å². The van der Waals surface area contributed by atoms with E-state index in [1.54, 1.807) is 6.92 Å². The zero-order chi connectivity index (χ0) is 12.8. The van der Waals surface area contributed by atoms with Gasteiger partial charge in [0.15, 0.2) is 11.5 Å². The first-order valence-electron chi connectivity index (χ1n) is 5.42. The standard InChI is InChI=1S/C11H16N2O3S/c1-4-16-11(15)9-10(7(2)14)17-8(13-9)5-6-12-3/h12H,4-6H2,1-3H3. The zero-order valence-electron chi connectivity index (χ0n) is 10.2. The van der Waals surface area contributed by atoms with Crippen LogP contribution in [0.2, 0.25) is 0 Å². The minimum absolute atomic E-state index is 0.149. The van der Waals surface area contributed by atoms with Gasteiger partial charge in [0.25, 0.3) is 0 Å². The summed E-state index contributed by atoms with van der Waals surface area (Å²) in [6.07, 6.45) is 0.695. The number of ketones is 1. The highest BCUT2D eigenvalue weighted by Gasteiger charge is 2.21. The molecule has 1 heterocycles. The van der Waals surface area contributed by atoms with Crippen molar-refractivity contribution in [2.24, 2.45) is 0 Å². The molecular formula is C11H16N2O3S. The molecule has 0 amide bonds. The third-order valence-electron chi connectivity index (χ3n) is 2.05. The molecule has 0 aromatic carbocycles. The number of carbonyl (C=O) groups excluding carboxylic acids is 2. The molecule has 0 unspecified atom stereocenters. The maximum absolute atomic E-state index is 11.6. The van der Waals surface area contributed by atoms with Crippen molar-refractivity contribution in [3.05, 3.63) is 15.6 Å². The van der Waals surface area contributed by atoms with Crippen molar-refractivity contribution in [3.63, 3.8) is 0 Å². The summed E-state index contributed by atoms with van der Waals surface area (Å²) in [6.45, 7) is 4.18. The van der Waals surface area contributed by atoms with E-state index in [1.807, 2.05) is 7.05 Å². The van der Waals surface area contributed by atoms with E-state index < -0.39 is 5.97 Å². The van der Waals surface area contributed by atoms with Crippen LogP contribution in [0.25, 0.3) is 0 Å². The Balaban J connectivity index is 2.96. The molecule has 1 aromatic rings. The Labute approximate surface area is 104 Å². The molecule has 1 N–H and O–H groups in total. The molecule has 17 heavy (non-hydrogen) atoms. The van der Waals surface area contributed by atoms with E-state index in [2.05, 4.69) is 10.3 Å². The van der Waals surface area contributed by atoms with Crippen LogP contribution in [0.15, 0.2) is 0 Å². The van der Waals surface area contributed by atoms with Gasteiger partial charge in [-0.25, -0.2) is 9.78 Å². The summed E-state index contributed by atoms with van der Waals surface area (Å²) in [5.74, 6) is -0.675. The molecule has 0 aliphatic carbocycles. The Hall–Kier alpha value is -1.27. The summed E-state index contributed by atoms with van der Waals surface area (Å²) < 4.78 is 4.87. The number of aromatic nitrogens is 1. The second kappa shape index (κ2) is 6.46. The van der Waals surface area contributed by atoms with Gasteiger partial charge in [0, 0.05) is 19.9 Å². The van der Waals surface area contributed by atoms with Gasteiger partial charge in [0.1, 0.15) is 4.88 Å². The van der Waals surface area contributed by atoms with Crippen molar-refractivity contribution < 1.29 is 14.3 Å². The van der Waals surface area contributed by atoms with Gasteiger partial charge in [-0.1, -0.05) is 0 Å². The van der Waals surface area contributed by atoms with Crippen molar-refractivity contribution in [2.75, 3.05) is 20.2 Å². The monoisotopic (exact) mass is 256 g/mol. The summed E-state index contributed by atoms with van der Waals surface area (Å²) in [5.41, 5.74) is 0.149. The van der Waals surface area contributed by atoms with Gasteiger partial charge in [-0.05, 0) is 14.0 Å². The Morgan fingerprint density at radius 2 is 2.18 bits per heavy atom. The topological polar surface area (TPSA) is 68.3 Å². The van der Waals surface area contributed by atoms with Gasteiger partial charge in [-0.2, -0.15) is 0 Å². The number of nitrogens with zero attached hydrogens (tertiary/aromatic N) is 1. The van der Waals surface area contributed by atoms with Crippen molar-refractivity contribution in [2.45, 2.75) is 20.3 Å². The normalized spacial score (nSPS) is 10.3. The molecule has 0 fully saturated rings. The number of hydrogen-bond acceptors (Lipinski definition) is 6. The number of ether oxygens (including phenoxy) is 1. The Bertz CT molecular complexity index is 415. The number of hydrogen-bond donors (Lipinski definition) is 1. The van der Waals surface area contributed by atoms with Crippen LogP contribution in [0.4, 0.5) is 0 Å². The third-order valence-corrected chi connectivity index (χ3v) is 3.26. The summed E-state index contributed by atoms with van der Waals surface area (Å²) in [5, 5.41) is 3.77. The number of thiazole rings is 1. The number of rotatable bonds is 6. The third kappa shape index (κ3) is 3.61. The predicted octanol–water partition coefficient (Wildman–Crippen LogP) is 1.28. The number of nitrogens with one attached hydrogen (secondary N) is 1. The van der Waals surface area contributed by atoms with Gasteiger partial charge in [-0.15, -0.1) is 11.3 Å². The van der Waals surface area contributed by atoms with Crippen LogP contribution in [0.3, 0.4) is 0 Å². The molecule has 0 saturated heterocycles. The number of likely N-dealkylation sites (N-methyl/N-ethyl adjacent to an activating group) is 1. The first-order valence-corrected chi connectivity index (χ1v) is 6.24. The second-order valence-electron chi connectivity index (χ2n) is 3.42. The lowest BCUT2D eigenvalue weighted by Gasteiger charge is -1.98. The minimum Gasteiger partial charge on any atom is -0.461 e. The predicted molar refractivity (Wildman–Crippen MR) is 65.7 cm³/mol. The molecule has 0 aliphatic rings. The first-order chi connectivity index (χ1) is 8.10. The van der Waals surface area contributed by atoms with E-state index in [1.165, 1.54) is 18.3 Å². The SMILES string of the molecule is CCOC(=O)c1nc(CCNC)sc1C(C)=O. The molecule has 0 bridgehead atoms. The highest BCUT2D eigenvalue weighted by Crippen LogP contribution is 2.20. The molecule has 94 valence electrons. The molecule has 0 radical (unpaired) electrons. The van der Waals surface area contributed by atoms with Crippen LogP contribution in [0, 0.1) is 0 Å². The lowest BCUT2D eigenvalue weighted by Crippen LogP contribution is -2.11. The number of Topliss-reactive ketones (excluding diaryl/α,β-unsaturated/α-hetero) is 1. The van der Waals surface area contributed by atoms with Crippen molar-refractivity contribution in [1.82, 2.24) is 10.3 Å². The average molecular weight is 256 g/mol. The van der Waals surface area contributed by atoms with E-state index in [9.17, 15) is 9.59 Å². The molecule has 0 saturated carbocycles. The van der Waals surface area contributed by atoms with Gasteiger partial charge < -0.3 is 10.1 Å². The summed E-state index contributed by atoms with van der Waals surface area (Å²) >= 11 is 1.26. The van der Waals surface area contributed by atoms with Gasteiger partial charge in [0.2, 0.25) is 0 Å². The fourth-order valence-electron chi connectivity index (χ4n) is 1.28. The maximum atomic E-state index is 11.6. The summed E-state index contributed by atoms with van der Waals surface area (Å²) in [6, 6.07) is 0. The summed E-state index contributed by atoms with van der Waals surface area (Å²) in [4.78, 5) is 27.6. The lowest BCUT2D eigenvalue weighted by molar-refractivity contribution is 0.0517. The highest BCUT2D eigenvalue weighted by atomic mass is 32.1. The zero-order valence-corrected chi connectivity index (χ0v) is 11.0. The fraction of sp³-hybridized carbons (Fsp3) is 0.545. The molecule has 5 nitrogen and oxygen atoms in total. The van der Waals surface area contributed by atoms with Crippen LogP contribution >= 0.6 is 11.3 Å². The van der Waals surface area contributed by atoms with Crippen LogP contribution < -0.4 is 5.32 Å². The van der Waals surface area contributed by atoms with Crippen LogP contribution in [0.5, 0.6) is 0 Å². The highest BCUT2D eigenvalue weighted by molar-refractivity contribution is 7.14. The Morgan fingerprint density at radius 3 is 2.71 bits per heavy atom. The molecule has 1 rings (SSSR count). The van der Waals surface area contributed by atoms with Crippen LogP contribution in [0.1, 0.15) is 39.0 Å². The smallest absolute Gasteiger partial charge is 0.358 e. The van der Waals surface area contributed by atoms with E-state index in [4.69, 9.17) is 4.74 Å². The van der Waals surface area contributed by atoms with E-state index in [0.29, 0.717) is 11.3 Å². The maximum Gasteiger partial charge on any atom is 0.358 e. The van der Waals surface area contributed by atoms with E-state index in [0.717, 1.165) is 11.6 Å². The molecule has 0 aliphatic heterocycles. The summed E-state index contributed by atoms with van der Waals surface area (Å²) in [7, 11) is 1.84. The Morgan fingerprint density at radius 1 is 1.47 bits per heavy atom. The van der Waals surface area contributed by atoms with Gasteiger partial charge in [-0.3, -0.25) is 4.79 Å². The van der Waals surface area contributed by atoms with E-state index in [-0.39, 0.29) is 18.1 Å². The van der Waals surface area contributed by atoms with Crippen LogP contribution in [-0.4, -0.2) is 36.9 Å². The molecular weight excluding hydrogens is 240 g/mol. The fourth-order valence-corrected chi connectivity index (χ4v) is 2.23. The Kier molecular flexibility index (Phi) is 5.24. The number of carbonyl (C=O) groups is 2. The minimum atomic E-state index is -0.523. The van der Waals surface area contributed by atoms with Crippen LogP contribution in [-0.2, 0) is 11.2 Å². The average Bonchev–Trinajstić information content (AvgIpc) is 2.71. The second-order valence-corrected chi connectivity index (χ2v) is 4.50. The quantitative estimate of drug-likeness (QED) is 0.613. The molecule has 1 aromatic heterocycles. The first kappa shape index (κ1) is 13.8. The molecule has 0 spiro atoms. The van der Waals surface area contributed by atoms with Gasteiger partial charge in [0.05, 0.1) is 11.6 Å². The van der Waals surface area contributed by atoms with Gasteiger partial charge >= 0.3 is 5.97 Å².